The molecule has 2 fully saturated rings. The van der Waals surface area contributed by atoms with Gasteiger partial charge in [0.15, 0.2) is 0 Å². The van der Waals surface area contributed by atoms with Crippen LogP contribution in [0, 0.1) is 17.8 Å². The number of piperidine rings is 1. The van der Waals surface area contributed by atoms with E-state index >= 15 is 0 Å². The summed E-state index contributed by atoms with van der Waals surface area (Å²) in [6.45, 7) is 10.7. The quantitative estimate of drug-likeness (QED) is 0.782. The maximum atomic E-state index is 5.57. The Morgan fingerprint density at radius 3 is 2.69 bits per heavy atom. The highest BCUT2D eigenvalue weighted by molar-refractivity contribution is 4.84. The summed E-state index contributed by atoms with van der Waals surface area (Å²) >= 11 is 0. The van der Waals surface area contributed by atoms with Crippen LogP contribution in [0.4, 0.5) is 0 Å². The van der Waals surface area contributed by atoms with Crippen molar-refractivity contribution in [2.75, 3.05) is 39.8 Å². The lowest BCUT2D eigenvalue weighted by molar-refractivity contribution is -0.00989. The molecule has 3 heteroatoms. The molecule has 1 N–H and O–H groups in total. The fraction of sp³-hybridized carbons (Fsp3) is 1.00. The van der Waals surface area contributed by atoms with Crippen molar-refractivity contribution in [2.24, 2.45) is 17.8 Å². The van der Waals surface area contributed by atoms with E-state index in [1.165, 1.54) is 32.6 Å². The van der Waals surface area contributed by atoms with Gasteiger partial charge in [-0.25, -0.2) is 0 Å². The van der Waals surface area contributed by atoms with Crippen molar-refractivity contribution in [1.82, 2.24) is 10.2 Å². The molecule has 4 atom stereocenters. The number of hydrogen-bond acceptors (Lipinski definition) is 3. The zero-order valence-corrected chi connectivity index (χ0v) is 10.9. The van der Waals surface area contributed by atoms with Crippen molar-refractivity contribution in [3.05, 3.63) is 0 Å². The van der Waals surface area contributed by atoms with Crippen molar-refractivity contribution in [3.8, 4) is 0 Å². The van der Waals surface area contributed by atoms with E-state index in [0.29, 0.717) is 6.10 Å². The smallest absolute Gasteiger partial charge is 0.0724 e. The van der Waals surface area contributed by atoms with Gasteiger partial charge in [-0.2, -0.15) is 0 Å². The highest BCUT2D eigenvalue weighted by atomic mass is 16.5. The van der Waals surface area contributed by atoms with Crippen molar-refractivity contribution in [2.45, 2.75) is 26.4 Å². The fourth-order valence-electron chi connectivity index (χ4n) is 3.01. The highest BCUT2D eigenvalue weighted by Crippen LogP contribution is 2.23. The van der Waals surface area contributed by atoms with Gasteiger partial charge in [-0.15, -0.1) is 0 Å². The molecular weight excluding hydrogens is 200 g/mol. The minimum atomic E-state index is 0.443. The molecule has 0 aliphatic carbocycles. The van der Waals surface area contributed by atoms with Gasteiger partial charge in [0.2, 0.25) is 0 Å². The lowest BCUT2D eigenvalue weighted by atomic mass is 9.92. The molecule has 2 unspecified atom stereocenters. The summed E-state index contributed by atoms with van der Waals surface area (Å²) in [5.74, 6) is 2.40. The Morgan fingerprint density at radius 2 is 2.06 bits per heavy atom. The third kappa shape index (κ3) is 2.76. The van der Waals surface area contributed by atoms with E-state index in [1.807, 2.05) is 7.11 Å². The number of ether oxygens (including phenoxy) is 1. The van der Waals surface area contributed by atoms with Crippen LogP contribution in [0.5, 0.6) is 0 Å². The van der Waals surface area contributed by atoms with E-state index < -0.39 is 0 Å². The van der Waals surface area contributed by atoms with Crippen LogP contribution in [-0.2, 0) is 4.74 Å². The third-order valence-corrected chi connectivity index (χ3v) is 4.45. The molecule has 0 saturated carbocycles. The predicted octanol–water partition coefficient (Wildman–Crippen LogP) is 1.20. The zero-order valence-electron chi connectivity index (χ0n) is 10.9. The SMILES string of the molecule is COC1CN(C[C@@H]2CNC[C@H]2C)CCC1C. The molecule has 16 heavy (non-hydrogen) atoms. The first-order valence-electron chi connectivity index (χ1n) is 6.66. The van der Waals surface area contributed by atoms with Crippen LogP contribution in [0.3, 0.4) is 0 Å². The van der Waals surface area contributed by atoms with Crippen LogP contribution >= 0.6 is 0 Å². The lowest BCUT2D eigenvalue weighted by Crippen LogP contribution is -2.46. The molecule has 0 aromatic rings. The van der Waals surface area contributed by atoms with Crippen LogP contribution in [0.1, 0.15) is 20.3 Å². The molecule has 0 bridgehead atoms. The Labute approximate surface area is 99.5 Å². The summed E-state index contributed by atoms with van der Waals surface area (Å²) < 4.78 is 5.57. The second kappa shape index (κ2) is 5.48. The van der Waals surface area contributed by atoms with Gasteiger partial charge in [0.1, 0.15) is 0 Å². The number of nitrogens with one attached hydrogen (secondary N) is 1. The third-order valence-electron chi connectivity index (χ3n) is 4.45. The lowest BCUT2D eigenvalue weighted by Gasteiger charge is -2.37. The van der Waals surface area contributed by atoms with E-state index in [1.54, 1.807) is 0 Å². The Hall–Kier alpha value is -0.120. The number of methoxy groups -OCH3 is 1. The van der Waals surface area contributed by atoms with Gasteiger partial charge in [0.25, 0.3) is 0 Å². The average molecular weight is 226 g/mol. The first-order chi connectivity index (χ1) is 7.70. The molecule has 3 nitrogen and oxygen atoms in total. The van der Waals surface area contributed by atoms with Gasteiger partial charge in [0.05, 0.1) is 6.10 Å². The minimum Gasteiger partial charge on any atom is -0.380 e. The normalized spacial score (nSPS) is 41.4. The van der Waals surface area contributed by atoms with Crippen molar-refractivity contribution < 1.29 is 4.74 Å². The summed E-state index contributed by atoms with van der Waals surface area (Å²) in [6, 6.07) is 0. The van der Waals surface area contributed by atoms with Crippen molar-refractivity contribution in [1.29, 1.82) is 0 Å². The first kappa shape index (κ1) is 12.3. The minimum absolute atomic E-state index is 0.443. The maximum Gasteiger partial charge on any atom is 0.0724 e. The highest BCUT2D eigenvalue weighted by Gasteiger charge is 2.30. The monoisotopic (exact) mass is 226 g/mol. The maximum absolute atomic E-state index is 5.57. The summed E-state index contributed by atoms with van der Waals surface area (Å²) in [4.78, 5) is 2.60. The van der Waals surface area contributed by atoms with Gasteiger partial charge >= 0.3 is 0 Å². The summed E-state index contributed by atoms with van der Waals surface area (Å²) in [5.41, 5.74) is 0. The van der Waals surface area contributed by atoms with Crippen LogP contribution in [0.15, 0.2) is 0 Å². The summed E-state index contributed by atoms with van der Waals surface area (Å²) in [5, 5.41) is 3.49. The molecule has 94 valence electrons. The van der Waals surface area contributed by atoms with Crippen LogP contribution < -0.4 is 5.32 Å². The molecule has 0 aromatic carbocycles. The standard InChI is InChI=1S/C13H26N2O/c1-10-4-5-15(9-13(10)16-3)8-12-7-14-6-11(12)2/h10-14H,4-9H2,1-3H3/t10?,11-,12+,13?/m1/s1. The molecule has 2 saturated heterocycles. The second-order valence-corrected chi connectivity index (χ2v) is 5.70. The number of hydrogen-bond donors (Lipinski definition) is 1. The van der Waals surface area contributed by atoms with Gasteiger partial charge < -0.3 is 15.0 Å². The Morgan fingerprint density at radius 1 is 1.25 bits per heavy atom. The van der Waals surface area contributed by atoms with E-state index in [-0.39, 0.29) is 0 Å². The van der Waals surface area contributed by atoms with E-state index in [4.69, 9.17) is 4.74 Å². The van der Waals surface area contributed by atoms with Crippen LogP contribution in [-0.4, -0.2) is 50.8 Å². The average Bonchev–Trinajstić information content (AvgIpc) is 2.67. The van der Waals surface area contributed by atoms with Gasteiger partial charge in [0, 0.05) is 20.2 Å². The van der Waals surface area contributed by atoms with E-state index in [2.05, 4.69) is 24.1 Å². The van der Waals surface area contributed by atoms with Gasteiger partial charge in [-0.1, -0.05) is 13.8 Å². The molecular formula is C13H26N2O. The largest absolute Gasteiger partial charge is 0.380 e. The summed E-state index contributed by atoms with van der Waals surface area (Å²) in [7, 11) is 1.85. The first-order valence-corrected chi connectivity index (χ1v) is 6.66. The molecule has 0 aromatic heterocycles. The number of rotatable bonds is 3. The van der Waals surface area contributed by atoms with Crippen molar-refractivity contribution in [3.63, 3.8) is 0 Å². The van der Waals surface area contributed by atoms with E-state index in [9.17, 15) is 0 Å². The van der Waals surface area contributed by atoms with Gasteiger partial charge in [-0.05, 0) is 43.8 Å². The summed E-state index contributed by atoms with van der Waals surface area (Å²) in [6.07, 6.45) is 1.73. The molecule has 2 heterocycles. The Balaban J connectivity index is 1.81. The fourth-order valence-corrected chi connectivity index (χ4v) is 3.01. The molecule has 0 spiro atoms. The van der Waals surface area contributed by atoms with Crippen LogP contribution in [0.25, 0.3) is 0 Å². The number of nitrogens with zero attached hydrogens (tertiary/aromatic N) is 1. The number of likely N-dealkylation sites (tertiary alicyclic amines) is 1. The molecule has 2 aliphatic heterocycles. The zero-order chi connectivity index (χ0) is 11.5. The van der Waals surface area contributed by atoms with Crippen molar-refractivity contribution >= 4 is 0 Å². The van der Waals surface area contributed by atoms with E-state index in [0.717, 1.165) is 24.3 Å². The molecule has 0 amide bonds. The Kier molecular flexibility index (Phi) is 4.22. The molecule has 2 rings (SSSR count). The Bertz CT molecular complexity index is 222. The van der Waals surface area contributed by atoms with Gasteiger partial charge in [-0.3, -0.25) is 0 Å². The molecule has 2 aliphatic rings. The predicted molar refractivity (Wildman–Crippen MR) is 66.5 cm³/mol. The van der Waals surface area contributed by atoms with Crippen LogP contribution in [0.2, 0.25) is 0 Å². The molecule has 0 radical (unpaired) electrons. The topological polar surface area (TPSA) is 24.5 Å². The second-order valence-electron chi connectivity index (χ2n) is 5.70.